The standard InChI is InChI=1S/C16H28N2O2S/c1-6-14(7-2)10-18-21(19,20)16-9-15(11-17-5)12(3)8-13(16)4/h8-9,14,17-18H,6-7,10-11H2,1-5H3. The molecule has 21 heavy (non-hydrogen) atoms. The van der Waals surface area contributed by atoms with Crippen molar-refractivity contribution >= 4 is 10.0 Å². The SMILES string of the molecule is CCC(CC)CNS(=O)(=O)c1cc(CNC)c(C)cc1C. The molecule has 1 rings (SSSR count). The van der Waals surface area contributed by atoms with Crippen molar-refractivity contribution in [3.63, 3.8) is 0 Å². The van der Waals surface area contributed by atoms with Gasteiger partial charge in [-0.05, 0) is 49.6 Å². The number of sulfonamides is 1. The summed E-state index contributed by atoms with van der Waals surface area (Å²) in [6, 6.07) is 3.73. The number of hydrogen-bond acceptors (Lipinski definition) is 3. The Morgan fingerprint density at radius 3 is 2.24 bits per heavy atom. The maximum atomic E-state index is 12.5. The van der Waals surface area contributed by atoms with Crippen molar-refractivity contribution in [2.75, 3.05) is 13.6 Å². The molecule has 0 aliphatic heterocycles. The molecule has 1 aromatic rings. The summed E-state index contributed by atoms with van der Waals surface area (Å²) in [7, 11) is -1.58. The van der Waals surface area contributed by atoms with Crippen molar-refractivity contribution in [3.05, 3.63) is 28.8 Å². The van der Waals surface area contributed by atoms with E-state index in [9.17, 15) is 8.42 Å². The van der Waals surface area contributed by atoms with Crippen LogP contribution in [0, 0.1) is 19.8 Å². The van der Waals surface area contributed by atoms with Crippen LogP contribution in [0.4, 0.5) is 0 Å². The van der Waals surface area contributed by atoms with E-state index in [1.165, 1.54) is 0 Å². The molecule has 0 radical (unpaired) electrons. The molecule has 0 aliphatic carbocycles. The van der Waals surface area contributed by atoms with E-state index in [-0.39, 0.29) is 0 Å². The molecule has 0 unspecified atom stereocenters. The first-order valence-corrected chi connectivity index (χ1v) is 9.08. The van der Waals surface area contributed by atoms with Crippen LogP contribution in [0.3, 0.4) is 0 Å². The van der Waals surface area contributed by atoms with Crippen molar-refractivity contribution in [1.29, 1.82) is 0 Å². The number of benzene rings is 1. The highest BCUT2D eigenvalue weighted by Gasteiger charge is 2.19. The van der Waals surface area contributed by atoms with Gasteiger partial charge in [-0.25, -0.2) is 13.1 Å². The lowest BCUT2D eigenvalue weighted by Crippen LogP contribution is -2.29. The highest BCUT2D eigenvalue weighted by atomic mass is 32.2. The van der Waals surface area contributed by atoms with Crippen molar-refractivity contribution < 1.29 is 8.42 Å². The first kappa shape index (κ1) is 18.1. The minimum absolute atomic E-state index is 0.391. The number of aryl methyl sites for hydroxylation is 2. The zero-order chi connectivity index (χ0) is 16.0. The third-order valence-electron chi connectivity index (χ3n) is 4.01. The quantitative estimate of drug-likeness (QED) is 0.776. The van der Waals surface area contributed by atoms with Gasteiger partial charge in [0, 0.05) is 13.1 Å². The van der Waals surface area contributed by atoms with Crippen molar-refractivity contribution in [1.82, 2.24) is 10.0 Å². The Morgan fingerprint density at radius 2 is 1.71 bits per heavy atom. The molecule has 0 heterocycles. The van der Waals surface area contributed by atoms with Crippen LogP contribution >= 0.6 is 0 Å². The molecule has 120 valence electrons. The number of rotatable bonds is 8. The van der Waals surface area contributed by atoms with E-state index in [0.29, 0.717) is 23.9 Å². The Kier molecular flexibility index (Phi) is 6.84. The van der Waals surface area contributed by atoms with Gasteiger partial charge in [0.25, 0.3) is 0 Å². The second-order valence-electron chi connectivity index (χ2n) is 5.61. The summed E-state index contributed by atoms with van der Waals surface area (Å²) >= 11 is 0. The van der Waals surface area contributed by atoms with Crippen molar-refractivity contribution in [2.24, 2.45) is 5.92 Å². The van der Waals surface area contributed by atoms with E-state index in [2.05, 4.69) is 23.9 Å². The van der Waals surface area contributed by atoms with E-state index in [1.54, 1.807) is 6.07 Å². The average Bonchev–Trinajstić information content (AvgIpc) is 2.42. The smallest absolute Gasteiger partial charge is 0.240 e. The minimum Gasteiger partial charge on any atom is -0.316 e. The number of nitrogens with one attached hydrogen (secondary N) is 2. The third kappa shape index (κ3) is 4.80. The van der Waals surface area contributed by atoms with Gasteiger partial charge in [-0.15, -0.1) is 0 Å². The van der Waals surface area contributed by atoms with Crippen LogP contribution in [0.1, 0.15) is 43.4 Å². The molecule has 1 aromatic carbocycles. The lowest BCUT2D eigenvalue weighted by Gasteiger charge is -2.16. The molecule has 0 aliphatic rings. The van der Waals surface area contributed by atoms with Crippen LogP contribution in [-0.4, -0.2) is 22.0 Å². The number of hydrogen-bond donors (Lipinski definition) is 2. The lowest BCUT2D eigenvalue weighted by atomic mass is 10.0. The molecule has 2 N–H and O–H groups in total. The second-order valence-corrected chi connectivity index (χ2v) is 7.34. The molecule has 5 heteroatoms. The first-order chi connectivity index (χ1) is 9.85. The summed E-state index contributed by atoms with van der Waals surface area (Å²) in [5, 5.41) is 3.08. The van der Waals surface area contributed by atoms with Gasteiger partial charge in [-0.3, -0.25) is 0 Å². The van der Waals surface area contributed by atoms with Crippen LogP contribution in [0.5, 0.6) is 0 Å². The fourth-order valence-electron chi connectivity index (χ4n) is 2.43. The highest BCUT2D eigenvalue weighted by molar-refractivity contribution is 7.89. The summed E-state index contributed by atoms with van der Waals surface area (Å²) in [4.78, 5) is 0.393. The molecule has 0 saturated heterocycles. The Hall–Kier alpha value is -0.910. The summed E-state index contributed by atoms with van der Waals surface area (Å²) in [6.45, 7) is 9.20. The Morgan fingerprint density at radius 1 is 1.10 bits per heavy atom. The highest BCUT2D eigenvalue weighted by Crippen LogP contribution is 2.21. The molecule has 4 nitrogen and oxygen atoms in total. The summed E-state index contributed by atoms with van der Waals surface area (Å²) in [5.41, 5.74) is 2.93. The van der Waals surface area contributed by atoms with Gasteiger partial charge >= 0.3 is 0 Å². The topological polar surface area (TPSA) is 58.2 Å². The Bertz CT molecular complexity index is 564. The zero-order valence-electron chi connectivity index (χ0n) is 13.8. The summed E-state index contributed by atoms with van der Waals surface area (Å²) in [6.07, 6.45) is 1.97. The van der Waals surface area contributed by atoms with Gasteiger partial charge in [-0.2, -0.15) is 0 Å². The summed E-state index contributed by atoms with van der Waals surface area (Å²) < 4.78 is 27.8. The van der Waals surface area contributed by atoms with Crippen LogP contribution in [0.15, 0.2) is 17.0 Å². The third-order valence-corrected chi connectivity index (χ3v) is 5.57. The predicted octanol–water partition coefficient (Wildman–Crippen LogP) is 2.74. The minimum atomic E-state index is -3.44. The predicted molar refractivity (Wildman–Crippen MR) is 87.9 cm³/mol. The van der Waals surface area contributed by atoms with E-state index >= 15 is 0 Å². The van der Waals surface area contributed by atoms with Crippen LogP contribution < -0.4 is 10.0 Å². The van der Waals surface area contributed by atoms with Crippen LogP contribution in [-0.2, 0) is 16.6 Å². The molecular formula is C16H28N2O2S. The van der Waals surface area contributed by atoms with Crippen LogP contribution in [0.25, 0.3) is 0 Å². The molecule has 0 spiro atoms. The Balaban J connectivity index is 3.04. The largest absolute Gasteiger partial charge is 0.316 e. The van der Waals surface area contributed by atoms with E-state index in [1.807, 2.05) is 27.0 Å². The van der Waals surface area contributed by atoms with Gasteiger partial charge in [0.1, 0.15) is 0 Å². The molecule has 0 atom stereocenters. The van der Waals surface area contributed by atoms with E-state index in [4.69, 9.17) is 0 Å². The van der Waals surface area contributed by atoms with E-state index < -0.39 is 10.0 Å². The molecule has 0 fully saturated rings. The lowest BCUT2D eigenvalue weighted by molar-refractivity contribution is 0.478. The Labute approximate surface area is 129 Å². The second kappa shape index (κ2) is 7.92. The molecule has 0 saturated carbocycles. The van der Waals surface area contributed by atoms with Crippen molar-refractivity contribution in [3.8, 4) is 0 Å². The normalized spacial score (nSPS) is 12.1. The molecule has 0 aromatic heterocycles. The fourth-order valence-corrected chi connectivity index (χ4v) is 3.82. The van der Waals surface area contributed by atoms with E-state index in [0.717, 1.165) is 29.5 Å². The molecule has 0 amide bonds. The van der Waals surface area contributed by atoms with Gasteiger partial charge in [-0.1, -0.05) is 32.8 Å². The maximum absolute atomic E-state index is 12.5. The summed E-state index contributed by atoms with van der Waals surface area (Å²) in [5.74, 6) is 0.391. The van der Waals surface area contributed by atoms with Crippen molar-refractivity contribution in [2.45, 2.75) is 52.0 Å². The van der Waals surface area contributed by atoms with Gasteiger partial charge < -0.3 is 5.32 Å². The van der Waals surface area contributed by atoms with Gasteiger partial charge in [0.15, 0.2) is 0 Å². The van der Waals surface area contributed by atoms with Gasteiger partial charge in [0.2, 0.25) is 10.0 Å². The van der Waals surface area contributed by atoms with Gasteiger partial charge in [0.05, 0.1) is 4.90 Å². The van der Waals surface area contributed by atoms with Crippen LogP contribution in [0.2, 0.25) is 0 Å². The average molecular weight is 312 g/mol. The molecular weight excluding hydrogens is 284 g/mol. The first-order valence-electron chi connectivity index (χ1n) is 7.60. The maximum Gasteiger partial charge on any atom is 0.240 e. The monoisotopic (exact) mass is 312 g/mol. The fraction of sp³-hybridized carbons (Fsp3) is 0.625. The molecule has 0 bridgehead atoms. The zero-order valence-corrected chi connectivity index (χ0v) is 14.6.